The summed E-state index contributed by atoms with van der Waals surface area (Å²) >= 11 is 12.5. The fraction of sp³-hybridized carbons (Fsp3) is 0.222. The summed E-state index contributed by atoms with van der Waals surface area (Å²) in [5.74, 6) is 0.208. The zero-order valence-electron chi connectivity index (χ0n) is 19.8. The first-order valence-electron chi connectivity index (χ1n) is 11.3. The van der Waals surface area contributed by atoms with E-state index in [0.717, 1.165) is 0 Å². The van der Waals surface area contributed by atoms with Crippen molar-refractivity contribution in [3.8, 4) is 5.69 Å². The van der Waals surface area contributed by atoms with Crippen LogP contribution in [-0.4, -0.2) is 52.4 Å². The molecule has 8 heteroatoms. The molecular weight excluding hydrogens is 483 g/mol. The van der Waals surface area contributed by atoms with Crippen LogP contribution in [0.1, 0.15) is 29.1 Å². The van der Waals surface area contributed by atoms with Crippen molar-refractivity contribution >= 4 is 40.0 Å². The van der Waals surface area contributed by atoms with Gasteiger partial charge in [0.2, 0.25) is 0 Å². The van der Waals surface area contributed by atoms with Crippen molar-refractivity contribution in [1.29, 1.82) is 0 Å². The molecule has 180 valence electrons. The number of benzene rings is 3. The van der Waals surface area contributed by atoms with E-state index in [9.17, 15) is 9.59 Å². The first-order chi connectivity index (χ1) is 16.8. The van der Waals surface area contributed by atoms with Crippen LogP contribution in [0.5, 0.6) is 0 Å². The number of nitrogens with zero attached hydrogens (tertiary/aromatic N) is 4. The summed E-state index contributed by atoms with van der Waals surface area (Å²) in [6, 6.07) is 20.9. The molecule has 0 N–H and O–H groups in total. The van der Waals surface area contributed by atoms with Crippen molar-refractivity contribution in [2.24, 2.45) is 0 Å². The van der Waals surface area contributed by atoms with Crippen LogP contribution in [0.4, 0.5) is 0 Å². The van der Waals surface area contributed by atoms with E-state index in [1.54, 1.807) is 33.7 Å². The van der Waals surface area contributed by atoms with Gasteiger partial charge >= 0.3 is 0 Å². The number of rotatable bonds is 7. The highest BCUT2D eigenvalue weighted by Gasteiger charge is 2.28. The van der Waals surface area contributed by atoms with Gasteiger partial charge < -0.3 is 9.80 Å². The van der Waals surface area contributed by atoms with Crippen LogP contribution in [0.3, 0.4) is 0 Å². The van der Waals surface area contributed by atoms with Crippen LogP contribution in [0, 0.1) is 0 Å². The minimum atomic E-state index is -0.535. The van der Waals surface area contributed by atoms with Crippen LogP contribution in [0.15, 0.2) is 77.6 Å². The Morgan fingerprint density at radius 3 is 2.34 bits per heavy atom. The molecular formula is C27H26Cl2N4O2. The minimum Gasteiger partial charge on any atom is -0.327 e. The van der Waals surface area contributed by atoms with Crippen molar-refractivity contribution in [1.82, 2.24) is 19.4 Å². The summed E-state index contributed by atoms with van der Waals surface area (Å²) in [6.45, 7) is 2.90. The topological polar surface area (TPSA) is 58.4 Å². The smallest absolute Gasteiger partial charge is 0.266 e. The van der Waals surface area contributed by atoms with E-state index < -0.39 is 6.04 Å². The van der Waals surface area contributed by atoms with E-state index in [0.29, 0.717) is 46.1 Å². The van der Waals surface area contributed by atoms with E-state index in [-0.39, 0.29) is 16.5 Å². The molecule has 6 nitrogen and oxygen atoms in total. The third-order valence-corrected chi connectivity index (χ3v) is 6.42. The second-order valence-electron chi connectivity index (χ2n) is 8.57. The van der Waals surface area contributed by atoms with Crippen LogP contribution in [0.2, 0.25) is 10.0 Å². The van der Waals surface area contributed by atoms with Gasteiger partial charge in [0.15, 0.2) is 0 Å². The number of amides is 1. The fourth-order valence-corrected chi connectivity index (χ4v) is 4.48. The van der Waals surface area contributed by atoms with Crippen LogP contribution < -0.4 is 5.56 Å². The van der Waals surface area contributed by atoms with Gasteiger partial charge in [0.05, 0.1) is 33.2 Å². The zero-order valence-corrected chi connectivity index (χ0v) is 21.3. The maximum Gasteiger partial charge on any atom is 0.266 e. The average Bonchev–Trinajstić information content (AvgIpc) is 2.84. The molecule has 0 aliphatic carbocycles. The Bertz CT molecular complexity index is 1420. The number of hydrogen-bond acceptors (Lipinski definition) is 4. The maximum absolute atomic E-state index is 13.8. The lowest BCUT2D eigenvalue weighted by Gasteiger charge is -2.32. The number of carbonyl (C=O) groups is 1. The highest BCUT2D eigenvalue weighted by molar-refractivity contribution is 6.36. The first kappa shape index (κ1) is 24.9. The Kier molecular flexibility index (Phi) is 7.55. The van der Waals surface area contributed by atoms with Gasteiger partial charge in [0.1, 0.15) is 5.82 Å². The Morgan fingerprint density at radius 2 is 1.66 bits per heavy atom. The number of likely N-dealkylation sites (N-methyl/N-ethyl adjacent to an activating group) is 1. The molecule has 1 unspecified atom stereocenters. The third-order valence-electron chi connectivity index (χ3n) is 5.87. The summed E-state index contributed by atoms with van der Waals surface area (Å²) in [6.07, 6.45) is 0. The Hall–Kier alpha value is -3.19. The third kappa shape index (κ3) is 5.25. The SMILES string of the molecule is CC(c1nc2ccccc2c(=O)n1-c1ccccc1)N(CCN(C)C)C(=O)c1ccc(Cl)cc1Cl. The molecule has 4 aromatic rings. The van der Waals surface area contributed by atoms with Crippen molar-refractivity contribution < 1.29 is 4.79 Å². The lowest BCUT2D eigenvalue weighted by molar-refractivity contribution is 0.0667. The standard InChI is InChI=1S/C27H26Cl2N4O2/c1-18(32(16-15-31(2)3)26(34)21-14-13-19(28)17-23(21)29)25-30-24-12-8-7-11-22(24)27(35)33(25)20-9-5-4-6-10-20/h4-14,17-18H,15-16H2,1-3H3. The van der Waals surface area contributed by atoms with Crippen LogP contribution in [-0.2, 0) is 0 Å². The highest BCUT2D eigenvalue weighted by atomic mass is 35.5. The quantitative estimate of drug-likeness (QED) is 0.332. The second-order valence-corrected chi connectivity index (χ2v) is 9.41. The molecule has 0 aliphatic heterocycles. The number of fused-ring (bicyclic) bond motifs is 1. The number of carbonyl (C=O) groups excluding carboxylic acids is 1. The molecule has 1 aromatic heterocycles. The molecule has 0 aliphatic rings. The molecule has 0 radical (unpaired) electrons. The van der Waals surface area contributed by atoms with E-state index in [2.05, 4.69) is 0 Å². The summed E-state index contributed by atoms with van der Waals surface area (Å²) in [5, 5.41) is 1.24. The van der Waals surface area contributed by atoms with Gasteiger partial charge in [-0.25, -0.2) is 4.98 Å². The second kappa shape index (κ2) is 10.6. The van der Waals surface area contributed by atoms with Gasteiger partial charge in [-0.15, -0.1) is 0 Å². The Morgan fingerprint density at radius 1 is 0.971 bits per heavy atom. The van der Waals surface area contributed by atoms with Gasteiger partial charge in [0, 0.05) is 18.1 Å². The van der Waals surface area contributed by atoms with E-state index in [1.165, 1.54) is 0 Å². The zero-order chi connectivity index (χ0) is 25.1. The largest absolute Gasteiger partial charge is 0.327 e. The molecule has 35 heavy (non-hydrogen) atoms. The van der Waals surface area contributed by atoms with Crippen LogP contribution >= 0.6 is 23.2 Å². The van der Waals surface area contributed by atoms with Gasteiger partial charge in [-0.1, -0.05) is 53.5 Å². The molecule has 0 fully saturated rings. The van der Waals surface area contributed by atoms with E-state index in [1.807, 2.05) is 74.4 Å². The molecule has 1 amide bonds. The van der Waals surface area contributed by atoms with Gasteiger partial charge in [-0.05, 0) is 63.5 Å². The number of hydrogen-bond donors (Lipinski definition) is 0. The summed E-state index contributed by atoms with van der Waals surface area (Å²) < 4.78 is 1.59. The van der Waals surface area contributed by atoms with Gasteiger partial charge in [0.25, 0.3) is 11.5 Å². The van der Waals surface area contributed by atoms with Crippen molar-refractivity contribution in [2.45, 2.75) is 13.0 Å². The predicted octanol–water partition coefficient (Wildman–Crippen LogP) is 5.46. The molecule has 0 saturated heterocycles. The van der Waals surface area contributed by atoms with Gasteiger partial charge in [-0.3, -0.25) is 14.2 Å². The average molecular weight is 509 g/mol. The van der Waals surface area contributed by atoms with E-state index >= 15 is 0 Å². The lowest BCUT2D eigenvalue weighted by Crippen LogP contribution is -2.41. The molecule has 0 spiro atoms. The maximum atomic E-state index is 13.8. The molecule has 3 aromatic carbocycles. The van der Waals surface area contributed by atoms with Crippen LogP contribution in [0.25, 0.3) is 16.6 Å². The van der Waals surface area contributed by atoms with Crippen molar-refractivity contribution in [3.63, 3.8) is 0 Å². The summed E-state index contributed by atoms with van der Waals surface area (Å²) in [4.78, 5) is 36.0. The fourth-order valence-electron chi connectivity index (χ4n) is 3.99. The van der Waals surface area contributed by atoms with Crippen molar-refractivity contribution in [2.75, 3.05) is 27.2 Å². The lowest BCUT2D eigenvalue weighted by atomic mass is 10.1. The van der Waals surface area contributed by atoms with E-state index in [4.69, 9.17) is 28.2 Å². The Labute approximate surface area is 214 Å². The number of halogens is 2. The molecule has 1 heterocycles. The molecule has 0 bridgehead atoms. The first-order valence-corrected chi connectivity index (χ1v) is 12.0. The van der Waals surface area contributed by atoms with Crippen molar-refractivity contribution in [3.05, 3.63) is 105 Å². The normalized spacial score (nSPS) is 12.2. The predicted molar refractivity (Wildman–Crippen MR) is 142 cm³/mol. The molecule has 4 rings (SSSR count). The minimum absolute atomic E-state index is 0.187. The summed E-state index contributed by atoms with van der Waals surface area (Å²) in [7, 11) is 3.88. The monoisotopic (exact) mass is 508 g/mol. The molecule has 0 saturated carbocycles. The summed E-state index contributed by atoms with van der Waals surface area (Å²) in [5.41, 5.74) is 1.42. The number of aromatic nitrogens is 2. The molecule has 1 atom stereocenters. The number of para-hydroxylation sites is 2. The Balaban J connectivity index is 1.89. The highest BCUT2D eigenvalue weighted by Crippen LogP contribution is 2.28. The van der Waals surface area contributed by atoms with Gasteiger partial charge in [-0.2, -0.15) is 0 Å².